The highest BCUT2D eigenvalue weighted by Gasteiger charge is 2.24. The summed E-state index contributed by atoms with van der Waals surface area (Å²) in [5.74, 6) is 1.36. The zero-order valence-corrected chi connectivity index (χ0v) is 12.5. The van der Waals surface area contributed by atoms with Crippen molar-refractivity contribution in [1.29, 1.82) is 0 Å². The van der Waals surface area contributed by atoms with Crippen LogP contribution in [0.2, 0.25) is 5.02 Å². The Balaban J connectivity index is 2.05. The minimum Gasteiger partial charge on any atom is -0.495 e. The average molecular weight is 283 g/mol. The fraction of sp³-hybridized carbons (Fsp3) is 0.600. The van der Waals surface area contributed by atoms with Crippen LogP contribution in [-0.2, 0) is 6.54 Å². The number of nitrogens with zero attached hydrogens (tertiary/aromatic N) is 1. The van der Waals surface area contributed by atoms with Gasteiger partial charge in [0.1, 0.15) is 5.75 Å². The largest absolute Gasteiger partial charge is 0.495 e. The Hall–Kier alpha value is -0.770. The number of halogens is 1. The van der Waals surface area contributed by atoms with Gasteiger partial charge in [-0.25, -0.2) is 0 Å². The van der Waals surface area contributed by atoms with Crippen LogP contribution < -0.4 is 10.5 Å². The molecule has 1 aromatic carbocycles. The summed E-state index contributed by atoms with van der Waals surface area (Å²) in [6.45, 7) is 5.09. The molecule has 4 heteroatoms. The van der Waals surface area contributed by atoms with E-state index in [1.165, 1.54) is 18.4 Å². The molecule has 2 atom stereocenters. The van der Waals surface area contributed by atoms with Crippen molar-refractivity contribution >= 4 is 11.6 Å². The molecule has 2 rings (SSSR count). The van der Waals surface area contributed by atoms with Gasteiger partial charge in [0, 0.05) is 19.1 Å². The first kappa shape index (κ1) is 14.6. The number of nitrogens with two attached hydrogens (primary N) is 1. The Bertz CT molecular complexity index is 425. The minimum atomic E-state index is 0.615. The van der Waals surface area contributed by atoms with E-state index in [4.69, 9.17) is 22.1 Å². The molecule has 0 spiro atoms. The van der Waals surface area contributed by atoms with E-state index in [9.17, 15) is 0 Å². The third kappa shape index (κ3) is 3.62. The fourth-order valence-electron chi connectivity index (χ4n) is 2.72. The lowest BCUT2D eigenvalue weighted by molar-refractivity contribution is 0.113. The maximum atomic E-state index is 6.18. The zero-order chi connectivity index (χ0) is 13.8. The van der Waals surface area contributed by atoms with Crippen molar-refractivity contribution in [2.45, 2.75) is 32.4 Å². The molecular weight excluding hydrogens is 260 g/mol. The van der Waals surface area contributed by atoms with Crippen LogP contribution in [-0.4, -0.2) is 31.1 Å². The third-order valence-electron chi connectivity index (χ3n) is 4.04. The SMILES string of the molecule is COc1ccc(CN2CC(CN)CCC2C)cc1Cl. The van der Waals surface area contributed by atoms with Crippen LogP contribution in [0.1, 0.15) is 25.3 Å². The van der Waals surface area contributed by atoms with Crippen molar-refractivity contribution in [3.05, 3.63) is 28.8 Å². The van der Waals surface area contributed by atoms with E-state index >= 15 is 0 Å². The molecule has 0 saturated carbocycles. The summed E-state index contributed by atoms with van der Waals surface area (Å²) in [6, 6.07) is 6.64. The lowest BCUT2D eigenvalue weighted by Gasteiger charge is -2.37. The van der Waals surface area contributed by atoms with Gasteiger partial charge >= 0.3 is 0 Å². The lowest BCUT2D eigenvalue weighted by atomic mass is 9.93. The molecule has 0 amide bonds. The van der Waals surface area contributed by atoms with E-state index in [1.54, 1.807) is 7.11 Å². The van der Waals surface area contributed by atoms with E-state index in [-0.39, 0.29) is 0 Å². The summed E-state index contributed by atoms with van der Waals surface area (Å²) >= 11 is 6.18. The van der Waals surface area contributed by atoms with E-state index in [0.717, 1.165) is 25.4 Å². The number of piperidine rings is 1. The number of likely N-dealkylation sites (tertiary alicyclic amines) is 1. The fourth-order valence-corrected chi connectivity index (χ4v) is 3.00. The Morgan fingerprint density at radius 2 is 2.21 bits per heavy atom. The predicted molar refractivity (Wildman–Crippen MR) is 79.7 cm³/mol. The van der Waals surface area contributed by atoms with Gasteiger partial charge in [0.25, 0.3) is 0 Å². The van der Waals surface area contributed by atoms with Gasteiger partial charge in [-0.1, -0.05) is 17.7 Å². The number of benzene rings is 1. The molecule has 0 bridgehead atoms. The molecule has 1 aromatic rings. The van der Waals surface area contributed by atoms with Crippen LogP contribution in [0.4, 0.5) is 0 Å². The summed E-state index contributed by atoms with van der Waals surface area (Å²) in [5, 5.41) is 0.681. The smallest absolute Gasteiger partial charge is 0.137 e. The van der Waals surface area contributed by atoms with Crippen molar-refractivity contribution in [2.75, 3.05) is 20.2 Å². The van der Waals surface area contributed by atoms with Crippen LogP contribution in [0, 0.1) is 5.92 Å². The molecule has 106 valence electrons. The standard InChI is InChI=1S/C15H23ClN2O/c1-11-3-4-13(8-17)10-18(11)9-12-5-6-15(19-2)14(16)7-12/h5-7,11,13H,3-4,8-10,17H2,1-2H3. The molecule has 2 unspecified atom stereocenters. The Labute approximate surface area is 120 Å². The first-order valence-electron chi connectivity index (χ1n) is 6.90. The highest BCUT2D eigenvalue weighted by atomic mass is 35.5. The monoisotopic (exact) mass is 282 g/mol. The molecule has 0 aliphatic carbocycles. The van der Waals surface area contributed by atoms with Gasteiger partial charge in [0.05, 0.1) is 12.1 Å². The van der Waals surface area contributed by atoms with Gasteiger partial charge in [-0.3, -0.25) is 4.90 Å². The molecule has 19 heavy (non-hydrogen) atoms. The molecular formula is C15H23ClN2O. The van der Waals surface area contributed by atoms with E-state index in [2.05, 4.69) is 17.9 Å². The van der Waals surface area contributed by atoms with Gasteiger partial charge in [-0.15, -0.1) is 0 Å². The first-order valence-corrected chi connectivity index (χ1v) is 7.28. The molecule has 3 nitrogen and oxygen atoms in total. The van der Waals surface area contributed by atoms with Crippen LogP contribution in [0.25, 0.3) is 0 Å². The molecule has 1 saturated heterocycles. The van der Waals surface area contributed by atoms with Gasteiger partial charge in [0.15, 0.2) is 0 Å². The molecule has 1 aliphatic rings. The molecule has 1 heterocycles. The summed E-state index contributed by atoms with van der Waals surface area (Å²) in [5.41, 5.74) is 7.03. The molecule has 0 radical (unpaired) electrons. The summed E-state index contributed by atoms with van der Waals surface area (Å²) in [4.78, 5) is 2.50. The van der Waals surface area contributed by atoms with Crippen molar-refractivity contribution in [2.24, 2.45) is 11.7 Å². The molecule has 2 N–H and O–H groups in total. The van der Waals surface area contributed by atoms with Crippen molar-refractivity contribution in [1.82, 2.24) is 4.90 Å². The quantitative estimate of drug-likeness (QED) is 0.923. The minimum absolute atomic E-state index is 0.615. The highest BCUT2D eigenvalue weighted by Crippen LogP contribution is 2.27. The Morgan fingerprint density at radius 1 is 1.42 bits per heavy atom. The van der Waals surface area contributed by atoms with Gasteiger partial charge < -0.3 is 10.5 Å². The van der Waals surface area contributed by atoms with Crippen molar-refractivity contribution in [3.8, 4) is 5.75 Å². The van der Waals surface area contributed by atoms with Crippen molar-refractivity contribution in [3.63, 3.8) is 0 Å². The number of ether oxygens (including phenoxy) is 1. The van der Waals surface area contributed by atoms with E-state index in [1.807, 2.05) is 12.1 Å². The van der Waals surface area contributed by atoms with Crippen LogP contribution in [0.3, 0.4) is 0 Å². The maximum Gasteiger partial charge on any atom is 0.137 e. The third-order valence-corrected chi connectivity index (χ3v) is 4.34. The van der Waals surface area contributed by atoms with Gasteiger partial charge in [-0.05, 0) is 49.9 Å². The van der Waals surface area contributed by atoms with E-state index < -0.39 is 0 Å². The second kappa shape index (κ2) is 6.60. The number of methoxy groups -OCH3 is 1. The molecule has 0 aromatic heterocycles. The van der Waals surface area contributed by atoms with Crippen LogP contribution >= 0.6 is 11.6 Å². The Morgan fingerprint density at radius 3 is 2.84 bits per heavy atom. The van der Waals surface area contributed by atoms with Gasteiger partial charge in [0.2, 0.25) is 0 Å². The molecule has 1 fully saturated rings. The van der Waals surface area contributed by atoms with Crippen LogP contribution in [0.15, 0.2) is 18.2 Å². The normalized spacial score (nSPS) is 24.4. The average Bonchev–Trinajstić information content (AvgIpc) is 2.41. The van der Waals surface area contributed by atoms with Gasteiger partial charge in [-0.2, -0.15) is 0 Å². The number of rotatable bonds is 4. The summed E-state index contributed by atoms with van der Waals surface area (Å²) < 4.78 is 5.18. The highest BCUT2D eigenvalue weighted by molar-refractivity contribution is 6.32. The van der Waals surface area contributed by atoms with Crippen LogP contribution in [0.5, 0.6) is 5.75 Å². The second-order valence-electron chi connectivity index (χ2n) is 5.43. The lowest BCUT2D eigenvalue weighted by Crippen LogP contribution is -2.43. The number of hydrogen-bond acceptors (Lipinski definition) is 3. The maximum absolute atomic E-state index is 6.18. The summed E-state index contributed by atoms with van der Waals surface area (Å²) in [7, 11) is 1.64. The topological polar surface area (TPSA) is 38.5 Å². The zero-order valence-electron chi connectivity index (χ0n) is 11.7. The molecule has 1 aliphatic heterocycles. The van der Waals surface area contributed by atoms with E-state index in [0.29, 0.717) is 17.0 Å². The second-order valence-corrected chi connectivity index (χ2v) is 5.83. The number of hydrogen-bond donors (Lipinski definition) is 1. The summed E-state index contributed by atoms with van der Waals surface area (Å²) in [6.07, 6.45) is 2.48. The first-order chi connectivity index (χ1) is 9.13. The Kier molecular flexibility index (Phi) is 5.08. The predicted octanol–water partition coefficient (Wildman–Crippen LogP) is 2.91. The van der Waals surface area contributed by atoms with Crippen molar-refractivity contribution < 1.29 is 4.74 Å².